The molecule has 0 radical (unpaired) electrons. The Labute approximate surface area is 116 Å². The average Bonchev–Trinajstić information content (AvgIpc) is 2.26. The molecule has 104 valence electrons. The van der Waals surface area contributed by atoms with E-state index in [1.807, 2.05) is 0 Å². The summed E-state index contributed by atoms with van der Waals surface area (Å²) in [5.41, 5.74) is 0.719. The van der Waals surface area contributed by atoms with Gasteiger partial charge < -0.3 is 5.32 Å². The van der Waals surface area contributed by atoms with Crippen molar-refractivity contribution in [2.24, 2.45) is 4.99 Å². The number of benzene rings is 1. The summed E-state index contributed by atoms with van der Waals surface area (Å²) in [6, 6.07) is 3.60. The molecule has 0 saturated carbocycles. The van der Waals surface area contributed by atoms with Crippen molar-refractivity contribution in [3.63, 3.8) is 0 Å². The van der Waals surface area contributed by atoms with Crippen molar-refractivity contribution in [1.29, 1.82) is 0 Å². The molecular formula is C14H18F2N2S. The molecule has 2 nitrogen and oxygen atoms in total. The third kappa shape index (κ3) is 4.49. The van der Waals surface area contributed by atoms with Gasteiger partial charge in [0.1, 0.15) is 11.6 Å². The highest BCUT2D eigenvalue weighted by molar-refractivity contribution is 8.13. The number of thioether (sulfide) groups is 1. The van der Waals surface area contributed by atoms with Crippen LogP contribution in [-0.2, 0) is 6.42 Å². The summed E-state index contributed by atoms with van der Waals surface area (Å²) in [7, 11) is 0. The first kappa shape index (κ1) is 14.3. The fraction of sp³-hybridized carbons (Fsp3) is 0.500. The molecule has 0 aromatic heterocycles. The van der Waals surface area contributed by atoms with Gasteiger partial charge in [-0.15, -0.1) is 0 Å². The van der Waals surface area contributed by atoms with Gasteiger partial charge in [-0.3, -0.25) is 4.99 Å². The van der Waals surface area contributed by atoms with Gasteiger partial charge in [0.2, 0.25) is 0 Å². The summed E-state index contributed by atoms with van der Waals surface area (Å²) in [6.07, 6.45) is 1.65. The van der Waals surface area contributed by atoms with Crippen LogP contribution in [0.5, 0.6) is 0 Å². The van der Waals surface area contributed by atoms with E-state index in [0.29, 0.717) is 18.5 Å². The highest BCUT2D eigenvalue weighted by Crippen LogP contribution is 2.21. The van der Waals surface area contributed by atoms with E-state index in [1.54, 1.807) is 11.8 Å². The second-order valence-electron chi connectivity index (χ2n) is 5.32. The van der Waals surface area contributed by atoms with Crippen LogP contribution in [0.1, 0.15) is 25.8 Å². The van der Waals surface area contributed by atoms with Crippen LogP contribution >= 0.6 is 11.8 Å². The standard InChI is InChI=1S/C14H18F2N2S/c1-14(2)4-6-19-13(18-14)17-5-3-10-7-11(15)9-12(16)8-10/h7-9H,3-6H2,1-2H3,(H,17,18). The topological polar surface area (TPSA) is 24.4 Å². The highest BCUT2D eigenvalue weighted by atomic mass is 32.2. The first-order valence-corrected chi connectivity index (χ1v) is 7.34. The van der Waals surface area contributed by atoms with Crippen molar-refractivity contribution in [3.8, 4) is 0 Å². The Kier molecular flexibility index (Phi) is 4.45. The van der Waals surface area contributed by atoms with Gasteiger partial charge in [0.25, 0.3) is 0 Å². The summed E-state index contributed by atoms with van der Waals surface area (Å²) >= 11 is 1.70. The van der Waals surface area contributed by atoms with Crippen molar-refractivity contribution in [2.75, 3.05) is 12.3 Å². The Morgan fingerprint density at radius 2 is 1.95 bits per heavy atom. The molecule has 1 aromatic carbocycles. The SMILES string of the molecule is CC1(C)CCSC(=NCCc2cc(F)cc(F)c2)N1. The molecule has 0 atom stereocenters. The fourth-order valence-electron chi connectivity index (χ4n) is 1.92. The van der Waals surface area contributed by atoms with Crippen LogP contribution in [0.2, 0.25) is 0 Å². The molecule has 0 unspecified atom stereocenters. The van der Waals surface area contributed by atoms with Crippen molar-refractivity contribution in [2.45, 2.75) is 32.2 Å². The predicted octanol–water partition coefficient (Wildman–Crippen LogP) is 3.37. The van der Waals surface area contributed by atoms with E-state index < -0.39 is 11.6 Å². The molecule has 1 aromatic rings. The minimum Gasteiger partial charge on any atom is -0.360 e. The summed E-state index contributed by atoms with van der Waals surface area (Å²) in [4.78, 5) is 4.46. The number of hydrogen-bond acceptors (Lipinski definition) is 2. The number of amidine groups is 1. The molecule has 1 aliphatic heterocycles. The van der Waals surface area contributed by atoms with Gasteiger partial charge >= 0.3 is 0 Å². The fourth-order valence-corrected chi connectivity index (χ4v) is 3.25. The smallest absolute Gasteiger partial charge is 0.156 e. The first-order valence-electron chi connectivity index (χ1n) is 6.35. The molecule has 1 fully saturated rings. The predicted molar refractivity (Wildman–Crippen MR) is 76.7 cm³/mol. The molecule has 0 bridgehead atoms. The number of nitrogens with one attached hydrogen (secondary N) is 1. The van der Waals surface area contributed by atoms with Gasteiger partial charge in [-0.05, 0) is 44.4 Å². The molecule has 0 spiro atoms. The molecule has 2 rings (SSSR count). The minimum absolute atomic E-state index is 0.0784. The molecule has 5 heteroatoms. The number of rotatable bonds is 3. The maximum atomic E-state index is 13.0. The van der Waals surface area contributed by atoms with Gasteiger partial charge in [0, 0.05) is 23.9 Å². The Morgan fingerprint density at radius 3 is 2.58 bits per heavy atom. The molecule has 1 saturated heterocycles. The van der Waals surface area contributed by atoms with E-state index in [9.17, 15) is 8.78 Å². The lowest BCUT2D eigenvalue weighted by atomic mass is 10.0. The zero-order valence-electron chi connectivity index (χ0n) is 11.2. The lowest BCUT2D eigenvalue weighted by Gasteiger charge is -2.32. The Morgan fingerprint density at radius 1 is 1.26 bits per heavy atom. The van der Waals surface area contributed by atoms with E-state index in [4.69, 9.17) is 0 Å². The minimum atomic E-state index is -0.533. The van der Waals surface area contributed by atoms with Crippen LogP contribution in [0.25, 0.3) is 0 Å². The quantitative estimate of drug-likeness (QED) is 0.920. The van der Waals surface area contributed by atoms with E-state index in [1.165, 1.54) is 12.1 Å². The van der Waals surface area contributed by atoms with Crippen molar-refractivity contribution < 1.29 is 8.78 Å². The van der Waals surface area contributed by atoms with E-state index in [-0.39, 0.29) is 5.54 Å². The van der Waals surface area contributed by atoms with Crippen molar-refractivity contribution >= 4 is 16.9 Å². The summed E-state index contributed by atoms with van der Waals surface area (Å²) in [6.45, 7) is 4.82. The molecular weight excluding hydrogens is 266 g/mol. The summed E-state index contributed by atoms with van der Waals surface area (Å²) in [5, 5.41) is 4.29. The van der Waals surface area contributed by atoms with Crippen molar-refractivity contribution in [1.82, 2.24) is 5.32 Å². The third-order valence-corrected chi connectivity index (χ3v) is 3.90. The lowest BCUT2D eigenvalue weighted by Crippen LogP contribution is -2.46. The zero-order chi connectivity index (χ0) is 13.9. The molecule has 1 heterocycles. The van der Waals surface area contributed by atoms with Crippen LogP contribution in [-0.4, -0.2) is 23.0 Å². The maximum Gasteiger partial charge on any atom is 0.156 e. The van der Waals surface area contributed by atoms with Crippen LogP contribution < -0.4 is 5.32 Å². The second kappa shape index (κ2) is 5.90. The summed E-state index contributed by atoms with van der Waals surface area (Å²) in [5.74, 6) is -0.0177. The molecule has 1 aliphatic rings. The average molecular weight is 284 g/mol. The lowest BCUT2D eigenvalue weighted by molar-refractivity contribution is 0.446. The van der Waals surface area contributed by atoms with Crippen LogP contribution in [0, 0.1) is 11.6 Å². The highest BCUT2D eigenvalue weighted by Gasteiger charge is 2.23. The molecule has 0 aliphatic carbocycles. The summed E-state index contributed by atoms with van der Waals surface area (Å²) < 4.78 is 26.0. The number of halogens is 2. The number of aliphatic imine (C=N–C) groups is 1. The van der Waals surface area contributed by atoms with E-state index >= 15 is 0 Å². The largest absolute Gasteiger partial charge is 0.360 e. The zero-order valence-corrected chi connectivity index (χ0v) is 12.0. The van der Waals surface area contributed by atoms with Crippen LogP contribution in [0.4, 0.5) is 8.78 Å². The number of hydrogen-bond donors (Lipinski definition) is 1. The van der Waals surface area contributed by atoms with Gasteiger partial charge in [0.15, 0.2) is 5.17 Å². The Balaban J connectivity index is 1.92. The van der Waals surface area contributed by atoms with Gasteiger partial charge in [-0.1, -0.05) is 11.8 Å². The monoisotopic (exact) mass is 284 g/mol. The van der Waals surface area contributed by atoms with Gasteiger partial charge in [0.05, 0.1) is 0 Å². The van der Waals surface area contributed by atoms with Crippen LogP contribution in [0.15, 0.2) is 23.2 Å². The number of nitrogens with zero attached hydrogens (tertiary/aromatic N) is 1. The van der Waals surface area contributed by atoms with Gasteiger partial charge in [-0.2, -0.15) is 0 Å². The van der Waals surface area contributed by atoms with E-state index in [2.05, 4.69) is 24.2 Å². The van der Waals surface area contributed by atoms with E-state index in [0.717, 1.165) is 23.4 Å². The van der Waals surface area contributed by atoms with Crippen molar-refractivity contribution in [3.05, 3.63) is 35.4 Å². The molecule has 1 N–H and O–H groups in total. The molecule has 0 amide bonds. The second-order valence-corrected chi connectivity index (χ2v) is 6.41. The van der Waals surface area contributed by atoms with Crippen LogP contribution in [0.3, 0.4) is 0 Å². The Hall–Kier alpha value is -1.10. The molecule has 19 heavy (non-hydrogen) atoms. The normalized spacial score (nSPS) is 20.3. The Bertz CT molecular complexity index is 466. The third-order valence-electron chi connectivity index (χ3n) is 2.99. The first-order chi connectivity index (χ1) is 8.94. The van der Waals surface area contributed by atoms with Gasteiger partial charge in [-0.25, -0.2) is 8.78 Å². The maximum absolute atomic E-state index is 13.0.